The number of halogens is 2. The number of hydrogen-bond donors (Lipinski definition) is 0. The van der Waals surface area contributed by atoms with Gasteiger partial charge in [0.1, 0.15) is 0 Å². The van der Waals surface area contributed by atoms with Crippen LogP contribution in [0, 0.1) is 0 Å². The second-order valence-electron chi connectivity index (χ2n) is 1.35. The molecule has 0 aliphatic rings. The van der Waals surface area contributed by atoms with Crippen molar-refractivity contribution >= 4 is 33.2 Å². The van der Waals surface area contributed by atoms with E-state index < -0.39 is 5.97 Å². The van der Waals surface area contributed by atoms with Crippen molar-refractivity contribution in [1.29, 1.82) is 0 Å². The third-order valence-electron chi connectivity index (χ3n) is 0.755. The number of aromatic nitrogens is 1. The summed E-state index contributed by atoms with van der Waals surface area (Å²) in [7, 11) is 0. The van der Waals surface area contributed by atoms with Crippen molar-refractivity contribution in [3.8, 4) is 0 Å². The van der Waals surface area contributed by atoms with E-state index in [0.29, 0.717) is 3.92 Å². The Hall–Kier alpha value is -0.490. The standard InChI is InChI=1S/C4HBrFNO2S.C2H6/c5-4-7-2(1-10-4)3(8)9-6;1-2/h1H;1-2H3. The van der Waals surface area contributed by atoms with Crippen LogP contribution in [-0.4, -0.2) is 11.0 Å². The number of carbonyl (C=O) groups excluding carboxylic acids is 1. The summed E-state index contributed by atoms with van der Waals surface area (Å²) in [5.74, 6) is -1.07. The molecule has 0 bridgehead atoms. The van der Waals surface area contributed by atoms with Crippen LogP contribution in [0.2, 0.25) is 0 Å². The van der Waals surface area contributed by atoms with E-state index in [2.05, 4.69) is 25.9 Å². The van der Waals surface area contributed by atoms with Crippen LogP contribution in [0.25, 0.3) is 0 Å². The summed E-state index contributed by atoms with van der Waals surface area (Å²) in [4.78, 5) is 16.9. The summed E-state index contributed by atoms with van der Waals surface area (Å²) >= 11 is 4.19. The molecule has 1 aromatic heterocycles. The Balaban J connectivity index is 0.000000561. The zero-order chi connectivity index (χ0) is 9.56. The summed E-state index contributed by atoms with van der Waals surface area (Å²) in [5, 5.41) is 1.39. The van der Waals surface area contributed by atoms with Gasteiger partial charge in [0.2, 0.25) is 0 Å². The largest absolute Gasteiger partial charge is 0.398 e. The molecule has 0 aliphatic carbocycles. The highest BCUT2D eigenvalue weighted by atomic mass is 79.9. The van der Waals surface area contributed by atoms with E-state index in [1.165, 1.54) is 16.7 Å². The fourth-order valence-electron chi connectivity index (χ4n) is 0.385. The Morgan fingerprint density at radius 3 is 2.67 bits per heavy atom. The molecule has 0 fully saturated rings. The molecule has 0 saturated heterocycles. The Bertz CT molecular complexity index is 253. The van der Waals surface area contributed by atoms with Crippen LogP contribution in [-0.2, 0) is 4.94 Å². The number of nitrogens with zero attached hydrogens (tertiary/aromatic N) is 1. The van der Waals surface area contributed by atoms with Crippen molar-refractivity contribution in [2.45, 2.75) is 13.8 Å². The number of carbonyl (C=O) groups is 1. The van der Waals surface area contributed by atoms with Crippen LogP contribution >= 0.6 is 27.3 Å². The summed E-state index contributed by atoms with van der Waals surface area (Å²) in [6, 6.07) is 0. The molecule has 0 N–H and O–H groups in total. The monoisotopic (exact) mass is 255 g/mol. The van der Waals surface area contributed by atoms with E-state index in [1.807, 2.05) is 13.8 Å². The summed E-state index contributed by atoms with van der Waals surface area (Å²) in [5.41, 5.74) is -0.0284. The molecule has 1 heterocycles. The molecule has 0 atom stereocenters. The molecular formula is C6H7BrFNO2S. The predicted octanol–water partition coefficient (Wildman–Crippen LogP) is 2.97. The molecule has 1 aromatic rings. The molecule has 0 aromatic carbocycles. The van der Waals surface area contributed by atoms with Gasteiger partial charge in [-0.1, -0.05) is 13.8 Å². The highest BCUT2D eigenvalue weighted by Gasteiger charge is 2.10. The normalized spacial score (nSPS) is 8.33. The summed E-state index contributed by atoms with van der Waals surface area (Å²) in [6.07, 6.45) is 0. The third-order valence-corrected chi connectivity index (χ3v) is 2.12. The van der Waals surface area contributed by atoms with Gasteiger partial charge in [0.05, 0.1) is 0 Å². The SMILES string of the molecule is CC.O=C(OF)c1csc(Br)n1. The Morgan fingerprint density at radius 1 is 1.75 bits per heavy atom. The second-order valence-corrected chi connectivity index (χ2v) is 3.48. The molecule has 12 heavy (non-hydrogen) atoms. The van der Waals surface area contributed by atoms with Crippen LogP contribution in [0.1, 0.15) is 24.3 Å². The average molecular weight is 256 g/mol. The van der Waals surface area contributed by atoms with E-state index in [1.54, 1.807) is 0 Å². The van der Waals surface area contributed by atoms with E-state index in [4.69, 9.17) is 0 Å². The molecule has 6 heteroatoms. The first-order valence-corrected chi connectivity index (χ1v) is 4.85. The highest BCUT2D eigenvalue weighted by Crippen LogP contribution is 2.16. The number of thiazole rings is 1. The van der Waals surface area contributed by atoms with Crippen molar-refractivity contribution in [3.05, 3.63) is 15.0 Å². The first-order valence-electron chi connectivity index (χ1n) is 3.18. The molecule has 0 radical (unpaired) electrons. The van der Waals surface area contributed by atoms with E-state index in [9.17, 15) is 9.32 Å². The zero-order valence-corrected chi connectivity index (χ0v) is 8.91. The van der Waals surface area contributed by atoms with Crippen molar-refractivity contribution in [2.24, 2.45) is 0 Å². The lowest BCUT2D eigenvalue weighted by Gasteiger charge is -1.83. The minimum atomic E-state index is -1.07. The van der Waals surface area contributed by atoms with Crippen molar-refractivity contribution in [1.82, 2.24) is 4.98 Å². The van der Waals surface area contributed by atoms with E-state index in [0.717, 1.165) is 0 Å². The highest BCUT2D eigenvalue weighted by molar-refractivity contribution is 9.11. The Kier molecular flexibility index (Phi) is 5.83. The smallest absolute Gasteiger partial charge is 0.248 e. The molecule has 3 nitrogen and oxygen atoms in total. The second kappa shape index (κ2) is 6.07. The fraction of sp³-hybridized carbons (Fsp3) is 0.333. The molecule has 0 aliphatic heterocycles. The van der Waals surface area contributed by atoms with Crippen LogP contribution in [0.15, 0.2) is 9.30 Å². The van der Waals surface area contributed by atoms with Gasteiger partial charge in [-0.3, -0.25) is 0 Å². The van der Waals surface area contributed by atoms with Gasteiger partial charge in [-0.15, -0.1) is 11.3 Å². The van der Waals surface area contributed by atoms with Crippen LogP contribution in [0.5, 0.6) is 0 Å². The van der Waals surface area contributed by atoms with Gasteiger partial charge in [-0.05, 0) is 15.9 Å². The van der Waals surface area contributed by atoms with Gasteiger partial charge in [0.15, 0.2) is 9.61 Å². The molecular weight excluding hydrogens is 249 g/mol. The lowest BCUT2D eigenvalue weighted by atomic mass is 10.5. The molecule has 0 saturated carbocycles. The average Bonchev–Trinajstić information content (AvgIpc) is 2.54. The van der Waals surface area contributed by atoms with Crippen molar-refractivity contribution in [2.75, 3.05) is 0 Å². The predicted molar refractivity (Wildman–Crippen MR) is 47.7 cm³/mol. The maximum atomic E-state index is 11.2. The Morgan fingerprint density at radius 2 is 2.33 bits per heavy atom. The van der Waals surface area contributed by atoms with Crippen LogP contribution in [0.3, 0.4) is 0 Å². The zero-order valence-electron chi connectivity index (χ0n) is 6.51. The van der Waals surface area contributed by atoms with Crippen LogP contribution < -0.4 is 0 Å². The third kappa shape index (κ3) is 3.27. The lowest BCUT2D eigenvalue weighted by Crippen LogP contribution is -1.97. The fourth-order valence-corrected chi connectivity index (χ4v) is 1.37. The van der Waals surface area contributed by atoms with Crippen LogP contribution in [0.4, 0.5) is 4.53 Å². The van der Waals surface area contributed by atoms with E-state index >= 15 is 0 Å². The topological polar surface area (TPSA) is 39.2 Å². The Labute approximate surface area is 81.6 Å². The van der Waals surface area contributed by atoms with Gasteiger partial charge < -0.3 is 0 Å². The van der Waals surface area contributed by atoms with Gasteiger partial charge in [-0.2, -0.15) is 0 Å². The summed E-state index contributed by atoms with van der Waals surface area (Å²) in [6.45, 7) is 4.00. The lowest BCUT2D eigenvalue weighted by molar-refractivity contribution is -0.0792. The first-order chi connectivity index (χ1) is 5.74. The molecule has 0 spiro atoms. The quantitative estimate of drug-likeness (QED) is 0.775. The maximum absolute atomic E-state index is 11.2. The van der Waals surface area contributed by atoms with Gasteiger partial charge in [0.25, 0.3) is 0 Å². The maximum Gasteiger partial charge on any atom is 0.398 e. The minimum Gasteiger partial charge on any atom is -0.248 e. The van der Waals surface area contributed by atoms with Crippen molar-refractivity contribution < 1.29 is 14.3 Å². The number of rotatable bonds is 1. The van der Waals surface area contributed by atoms with Crippen molar-refractivity contribution in [3.63, 3.8) is 0 Å². The van der Waals surface area contributed by atoms with E-state index in [-0.39, 0.29) is 5.69 Å². The molecule has 68 valence electrons. The summed E-state index contributed by atoms with van der Waals surface area (Å²) < 4.78 is 11.7. The van der Waals surface area contributed by atoms with Gasteiger partial charge in [-0.25, -0.2) is 14.7 Å². The minimum absolute atomic E-state index is 0.0284. The first kappa shape index (κ1) is 11.5. The number of hydrogen-bond acceptors (Lipinski definition) is 4. The van der Waals surface area contributed by atoms with Gasteiger partial charge in [0, 0.05) is 9.91 Å². The van der Waals surface area contributed by atoms with Gasteiger partial charge >= 0.3 is 5.97 Å². The molecule has 1 rings (SSSR count). The molecule has 0 unspecified atom stereocenters. The molecule has 0 amide bonds.